The highest BCUT2D eigenvalue weighted by Gasteiger charge is 1.76. The monoisotopic (exact) mass is 87.0 g/mol. The van der Waals surface area contributed by atoms with Crippen LogP contribution in [0.3, 0.4) is 0 Å². The summed E-state index contributed by atoms with van der Waals surface area (Å²) in [7, 11) is 0. The normalized spacial score (nSPS) is 5.33. The summed E-state index contributed by atoms with van der Waals surface area (Å²) in [5.74, 6) is 0. The van der Waals surface area contributed by atoms with Gasteiger partial charge in [0.05, 0.1) is 0 Å². The van der Waals surface area contributed by atoms with E-state index in [1.54, 1.807) is 0 Å². The van der Waals surface area contributed by atoms with E-state index in [-0.39, 0.29) is 0 Å². The van der Waals surface area contributed by atoms with Gasteiger partial charge in [-0.1, -0.05) is 0 Å². The third-order valence-electron chi connectivity index (χ3n) is 0.141. The van der Waals surface area contributed by atoms with Crippen molar-refractivity contribution in [2.24, 2.45) is 0 Å². The van der Waals surface area contributed by atoms with E-state index in [1.165, 1.54) is 6.04 Å². The smallest absolute Gasteiger partial charge is 0.333 e. The zero-order valence-electron chi connectivity index (χ0n) is 2.71. The van der Waals surface area contributed by atoms with Crippen molar-refractivity contribution in [2.75, 3.05) is 0 Å². The molecule has 0 spiro atoms. The second-order valence-corrected chi connectivity index (χ2v) is 0.481. The zero-order chi connectivity index (χ0) is 4.99. The molecule has 0 bridgehead atoms. The summed E-state index contributed by atoms with van der Waals surface area (Å²) in [6.45, 7) is 0. The van der Waals surface area contributed by atoms with Crippen LogP contribution in [-0.2, 0) is 0 Å². The molecule has 0 heterocycles. The second kappa shape index (κ2) is 2.03. The topological polar surface area (TPSA) is 63.4 Å². The van der Waals surface area contributed by atoms with Crippen molar-refractivity contribution in [1.29, 1.82) is 0 Å². The van der Waals surface area contributed by atoms with Gasteiger partial charge in [-0.05, 0) is 0 Å². The Morgan fingerprint density at radius 3 is 2.33 bits per heavy atom. The standard InChI is InChI=1S/C2HNO3/c4-2-1-3(5)6/h4H. The average molecular weight is 87.0 g/mol. The first-order chi connectivity index (χ1) is 2.77. The van der Waals surface area contributed by atoms with Gasteiger partial charge in [0.25, 0.3) is 0 Å². The molecular formula is C2HNO3. The largest absolute Gasteiger partial charge is 0.458 e. The molecule has 0 fully saturated rings. The van der Waals surface area contributed by atoms with Gasteiger partial charge >= 0.3 is 6.04 Å². The van der Waals surface area contributed by atoms with Gasteiger partial charge in [0.15, 0.2) is 6.11 Å². The first-order valence-electron chi connectivity index (χ1n) is 1.06. The SMILES string of the molecule is O=[N+]([O-])C#CO. The summed E-state index contributed by atoms with van der Waals surface area (Å²) < 4.78 is 0. The van der Waals surface area contributed by atoms with E-state index in [0.717, 1.165) is 6.11 Å². The second-order valence-electron chi connectivity index (χ2n) is 0.481. The zero-order valence-corrected chi connectivity index (χ0v) is 2.71. The van der Waals surface area contributed by atoms with Crippen LogP contribution in [0.25, 0.3) is 0 Å². The molecule has 0 aromatic rings. The van der Waals surface area contributed by atoms with Crippen molar-refractivity contribution in [3.05, 3.63) is 10.1 Å². The molecular weight excluding hydrogens is 86.0 g/mol. The van der Waals surface area contributed by atoms with E-state index in [4.69, 9.17) is 15.2 Å². The fraction of sp³-hybridized carbons (Fsp3) is 0. The molecule has 0 unspecified atom stereocenters. The highest BCUT2D eigenvalue weighted by atomic mass is 16.6. The Balaban J connectivity index is 3.50. The number of nitro groups is 1. The van der Waals surface area contributed by atoms with Crippen molar-refractivity contribution < 1.29 is 10.0 Å². The molecule has 4 heteroatoms. The van der Waals surface area contributed by atoms with Crippen LogP contribution in [0.2, 0.25) is 0 Å². The Morgan fingerprint density at radius 2 is 2.33 bits per heavy atom. The lowest BCUT2D eigenvalue weighted by atomic mass is 11.1. The number of hydrogen-bond donors (Lipinski definition) is 1. The molecule has 0 radical (unpaired) electrons. The quantitative estimate of drug-likeness (QED) is 0.188. The number of aliphatic hydroxyl groups is 1. The minimum atomic E-state index is -0.931. The lowest BCUT2D eigenvalue weighted by Gasteiger charge is -1.61. The number of aliphatic hydroxyl groups excluding tert-OH is 1. The maximum absolute atomic E-state index is 9.07. The van der Waals surface area contributed by atoms with Crippen LogP contribution >= 0.6 is 0 Å². The van der Waals surface area contributed by atoms with E-state index < -0.39 is 4.92 Å². The maximum Gasteiger partial charge on any atom is 0.333 e. The van der Waals surface area contributed by atoms with Gasteiger partial charge in [0, 0.05) is 0 Å². The fourth-order valence-corrected chi connectivity index (χ4v) is 0.0408. The Labute approximate surface area is 33.6 Å². The summed E-state index contributed by atoms with van der Waals surface area (Å²) in [5, 5.41) is 16.5. The van der Waals surface area contributed by atoms with Crippen molar-refractivity contribution in [3.8, 4) is 12.2 Å². The van der Waals surface area contributed by atoms with E-state index in [0.29, 0.717) is 0 Å². The summed E-state index contributed by atoms with van der Waals surface area (Å²) >= 11 is 0. The highest BCUT2D eigenvalue weighted by molar-refractivity contribution is 4.74. The Bertz CT molecular complexity index is 108. The maximum atomic E-state index is 9.07. The highest BCUT2D eigenvalue weighted by Crippen LogP contribution is 1.52. The fourth-order valence-electron chi connectivity index (χ4n) is 0.0408. The van der Waals surface area contributed by atoms with Gasteiger partial charge < -0.3 is 5.11 Å². The summed E-state index contributed by atoms with van der Waals surface area (Å²) in [6.07, 6.45) is 1.12. The van der Waals surface area contributed by atoms with Crippen LogP contribution in [0, 0.1) is 22.3 Å². The number of nitrogens with zero attached hydrogens (tertiary/aromatic N) is 1. The number of hydrogen-bond acceptors (Lipinski definition) is 3. The van der Waals surface area contributed by atoms with Crippen LogP contribution in [0.1, 0.15) is 0 Å². The molecule has 6 heavy (non-hydrogen) atoms. The van der Waals surface area contributed by atoms with Crippen molar-refractivity contribution in [1.82, 2.24) is 0 Å². The van der Waals surface area contributed by atoms with Gasteiger partial charge in [0.1, 0.15) is 4.92 Å². The van der Waals surface area contributed by atoms with Crippen LogP contribution < -0.4 is 0 Å². The molecule has 4 nitrogen and oxygen atoms in total. The van der Waals surface area contributed by atoms with Crippen LogP contribution in [0.15, 0.2) is 0 Å². The molecule has 1 N–H and O–H groups in total. The van der Waals surface area contributed by atoms with Gasteiger partial charge in [-0.3, -0.25) is 0 Å². The minimum absolute atomic E-state index is 0.931. The van der Waals surface area contributed by atoms with E-state index in [1.807, 2.05) is 0 Å². The van der Waals surface area contributed by atoms with Crippen molar-refractivity contribution in [3.63, 3.8) is 0 Å². The predicted octanol–water partition coefficient (Wildman–Crippen LogP) is -0.446. The lowest BCUT2D eigenvalue weighted by molar-refractivity contribution is -0.379. The van der Waals surface area contributed by atoms with Gasteiger partial charge in [0.2, 0.25) is 0 Å². The van der Waals surface area contributed by atoms with Crippen LogP contribution in [0.4, 0.5) is 0 Å². The third-order valence-corrected chi connectivity index (χ3v) is 0.141. The molecule has 0 rings (SSSR count). The van der Waals surface area contributed by atoms with Crippen molar-refractivity contribution >= 4 is 0 Å². The van der Waals surface area contributed by atoms with E-state index in [2.05, 4.69) is 0 Å². The van der Waals surface area contributed by atoms with Crippen LogP contribution in [-0.4, -0.2) is 10.0 Å². The summed E-state index contributed by atoms with van der Waals surface area (Å²) in [6, 6.07) is 1.24. The molecule has 0 atom stereocenters. The lowest BCUT2D eigenvalue weighted by Crippen LogP contribution is -1.81. The Kier molecular flexibility index (Phi) is 1.61. The molecule has 0 aliphatic rings. The van der Waals surface area contributed by atoms with E-state index in [9.17, 15) is 0 Å². The van der Waals surface area contributed by atoms with Gasteiger partial charge in [-0.15, -0.1) is 0 Å². The minimum Gasteiger partial charge on any atom is -0.458 e. The average Bonchev–Trinajstić information content (AvgIpc) is 1.35. The molecule has 0 aliphatic heterocycles. The number of rotatable bonds is 0. The molecule has 0 saturated heterocycles. The first kappa shape index (κ1) is 4.76. The summed E-state index contributed by atoms with van der Waals surface area (Å²) in [5.41, 5.74) is 0. The molecule has 32 valence electrons. The molecule has 0 amide bonds. The summed E-state index contributed by atoms with van der Waals surface area (Å²) in [4.78, 5) is 8.14. The third kappa shape index (κ3) is 2.76. The predicted molar refractivity (Wildman–Crippen MR) is 16.7 cm³/mol. The molecule has 0 saturated carbocycles. The van der Waals surface area contributed by atoms with Gasteiger partial charge in [-0.2, -0.15) is 0 Å². The Morgan fingerprint density at radius 1 is 1.83 bits per heavy atom. The van der Waals surface area contributed by atoms with Gasteiger partial charge in [-0.25, -0.2) is 10.1 Å². The first-order valence-corrected chi connectivity index (χ1v) is 1.06. The van der Waals surface area contributed by atoms with E-state index >= 15 is 0 Å². The molecule has 0 aromatic heterocycles. The van der Waals surface area contributed by atoms with Crippen LogP contribution in [0.5, 0.6) is 0 Å². The Hall–Kier alpha value is -1.24. The van der Waals surface area contributed by atoms with Crippen molar-refractivity contribution in [2.45, 2.75) is 0 Å². The molecule has 0 aliphatic carbocycles. The molecule has 0 aromatic carbocycles.